The Morgan fingerprint density at radius 3 is 2.60 bits per heavy atom. The van der Waals surface area contributed by atoms with Crippen LogP contribution in [0.4, 0.5) is 5.82 Å². The molecule has 1 saturated carbocycles. The molecule has 1 aromatic rings. The molecule has 112 valence electrons. The quantitative estimate of drug-likeness (QED) is 0.862. The van der Waals surface area contributed by atoms with Gasteiger partial charge in [-0.2, -0.15) is 0 Å². The van der Waals surface area contributed by atoms with Gasteiger partial charge in [0.1, 0.15) is 5.82 Å². The Labute approximate surface area is 123 Å². The van der Waals surface area contributed by atoms with Crippen molar-refractivity contribution in [1.29, 1.82) is 0 Å². The van der Waals surface area contributed by atoms with E-state index in [-0.39, 0.29) is 0 Å². The summed E-state index contributed by atoms with van der Waals surface area (Å²) in [5.74, 6) is 2.04. The third kappa shape index (κ3) is 3.72. The van der Waals surface area contributed by atoms with Crippen molar-refractivity contribution < 1.29 is 0 Å². The number of nitrogens with zero attached hydrogens (tertiary/aromatic N) is 2. The molecule has 20 heavy (non-hydrogen) atoms. The van der Waals surface area contributed by atoms with E-state index in [1.165, 1.54) is 36.2 Å². The average Bonchev–Trinajstić information content (AvgIpc) is 2.31. The summed E-state index contributed by atoms with van der Waals surface area (Å²) in [6, 6.07) is 2.69. The summed E-state index contributed by atoms with van der Waals surface area (Å²) in [5.41, 5.74) is 3.82. The molecular formula is C17H29N3. The van der Waals surface area contributed by atoms with Crippen LogP contribution in [0, 0.1) is 19.8 Å². The molecule has 0 aromatic carbocycles. The van der Waals surface area contributed by atoms with Gasteiger partial charge in [0.2, 0.25) is 0 Å². The number of rotatable bonds is 6. The van der Waals surface area contributed by atoms with E-state index in [2.05, 4.69) is 51.0 Å². The zero-order valence-corrected chi connectivity index (χ0v) is 13.7. The molecule has 0 bridgehead atoms. The number of nitrogens with one attached hydrogen (secondary N) is 1. The highest BCUT2D eigenvalue weighted by Crippen LogP contribution is 2.29. The molecule has 1 aliphatic rings. The first-order valence-electron chi connectivity index (χ1n) is 7.89. The van der Waals surface area contributed by atoms with E-state index >= 15 is 0 Å². The number of hydrogen-bond donors (Lipinski definition) is 1. The van der Waals surface area contributed by atoms with Crippen molar-refractivity contribution in [3.63, 3.8) is 0 Å². The van der Waals surface area contributed by atoms with Gasteiger partial charge in [-0.05, 0) is 44.2 Å². The Morgan fingerprint density at radius 2 is 2.05 bits per heavy atom. The topological polar surface area (TPSA) is 28.2 Å². The molecular weight excluding hydrogens is 246 g/mol. The summed E-state index contributed by atoms with van der Waals surface area (Å²) >= 11 is 0. The van der Waals surface area contributed by atoms with E-state index in [9.17, 15) is 0 Å². The average molecular weight is 275 g/mol. The molecule has 0 saturated heterocycles. The lowest BCUT2D eigenvalue weighted by Crippen LogP contribution is -2.32. The maximum Gasteiger partial charge on any atom is 0.133 e. The Kier molecular flexibility index (Phi) is 5.03. The van der Waals surface area contributed by atoms with Crippen LogP contribution in [0.15, 0.2) is 6.07 Å². The van der Waals surface area contributed by atoms with Crippen LogP contribution in [0.2, 0.25) is 0 Å². The van der Waals surface area contributed by atoms with Gasteiger partial charge in [-0.1, -0.05) is 20.3 Å². The summed E-state index contributed by atoms with van der Waals surface area (Å²) in [6.45, 7) is 10.7. The van der Waals surface area contributed by atoms with E-state index < -0.39 is 0 Å². The van der Waals surface area contributed by atoms with Crippen LogP contribution < -0.4 is 10.2 Å². The van der Waals surface area contributed by atoms with E-state index in [0.717, 1.165) is 24.7 Å². The Hall–Kier alpha value is -1.09. The van der Waals surface area contributed by atoms with Crippen LogP contribution in [0.25, 0.3) is 0 Å². The van der Waals surface area contributed by atoms with Crippen molar-refractivity contribution in [2.45, 2.75) is 59.5 Å². The Bertz CT molecular complexity index is 450. The molecule has 0 unspecified atom stereocenters. The van der Waals surface area contributed by atoms with E-state index in [1.807, 2.05) is 0 Å². The first-order chi connectivity index (χ1) is 9.47. The smallest absolute Gasteiger partial charge is 0.133 e. The highest BCUT2D eigenvalue weighted by atomic mass is 15.2. The van der Waals surface area contributed by atoms with Gasteiger partial charge in [0, 0.05) is 37.4 Å². The number of pyridine rings is 1. The van der Waals surface area contributed by atoms with Gasteiger partial charge < -0.3 is 10.2 Å². The lowest BCUT2D eigenvalue weighted by atomic mass is 9.85. The molecule has 0 radical (unpaired) electrons. The lowest BCUT2D eigenvalue weighted by Gasteiger charge is -2.32. The van der Waals surface area contributed by atoms with Crippen LogP contribution in [-0.4, -0.2) is 24.6 Å². The summed E-state index contributed by atoms with van der Waals surface area (Å²) in [4.78, 5) is 7.17. The second-order valence-corrected chi connectivity index (χ2v) is 6.60. The molecule has 1 N–H and O–H groups in total. The second kappa shape index (κ2) is 6.57. The maximum atomic E-state index is 4.81. The molecule has 1 aliphatic carbocycles. The van der Waals surface area contributed by atoms with Crippen LogP contribution in [0.3, 0.4) is 0 Å². The predicted molar refractivity (Wildman–Crippen MR) is 86.3 cm³/mol. The summed E-state index contributed by atoms with van der Waals surface area (Å²) < 4.78 is 0. The van der Waals surface area contributed by atoms with E-state index in [4.69, 9.17) is 4.98 Å². The van der Waals surface area contributed by atoms with Gasteiger partial charge in [0.05, 0.1) is 0 Å². The molecule has 3 nitrogen and oxygen atoms in total. The van der Waals surface area contributed by atoms with Gasteiger partial charge in [0.25, 0.3) is 0 Å². The molecule has 0 spiro atoms. The monoisotopic (exact) mass is 275 g/mol. The molecule has 0 amide bonds. The minimum Gasteiger partial charge on any atom is -0.359 e. The minimum atomic E-state index is 0.500. The van der Waals surface area contributed by atoms with Crippen LogP contribution >= 0.6 is 0 Å². The van der Waals surface area contributed by atoms with Gasteiger partial charge in [0.15, 0.2) is 0 Å². The largest absolute Gasteiger partial charge is 0.359 e. The summed E-state index contributed by atoms with van der Waals surface area (Å²) in [6.07, 6.45) is 4.17. The minimum absolute atomic E-state index is 0.500. The van der Waals surface area contributed by atoms with Crippen molar-refractivity contribution >= 4 is 5.82 Å². The molecule has 1 aromatic heterocycles. The van der Waals surface area contributed by atoms with Crippen molar-refractivity contribution in [3.05, 3.63) is 22.9 Å². The molecule has 0 aliphatic heterocycles. The third-order valence-corrected chi connectivity index (χ3v) is 4.26. The van der Waals surface area contributed by atoms with Gasteiger partial charge >= 0.3 is 0 Å². The fourth-order valence-corrected chi connectivity index (χ4v) is 2.83. The highest BCUT2D eigenvalue weighted by Gasteiger charge is 2.21. The SMILES string of the molecule is Cc1cc(C)c(CNC(C)C)c(N(C)CC2CCC2)n1. The summed E-state index contributed by atoms with van der Waals surface area (Å²) in [5, 5.41) is 3.53. The first-order valence-corrected chi connectivity index (χ1v) is 7.89. The van der Waals surface area contributed by atoms with Crippen molar-refractivity contribution in [3.8, 4) is 0 Å². The molecule has 3 heteroatoms. The zero-order valence-electron chi connectivity index (χ0n) is 13.7. The molecule has 1 heterocycles. The maximum absolute atomic E-state index is 4.81. The van der Waals surface area contributed by atoms with Gasteiger partial charge in [-0.15, -0.1) is 0 Å². The fourth-order valence-electron chi connectivity index (χ4n) is 2.83. The first kappa shape index (κ1) is 15.3. The van der Waals surface area contributed by atoms with Crippen LogP contribution in [-0.2, 0) is 6.54 Å². The Morgan fingerprint density at radius 1 is 1.35 bits per heavy atom. The fraction of sp³-hybridized carbons (Fsp3) is 0.706. The normalized spacial score (nSPS) is 15.5. The van der Waals surface area contributed by atoms with Crippen LogP contribution in [0.1, 0.15) is 49.9 Å². The Balaban J connectivity index is 2.18. The van der Waals surface area contributed by atoms with Crippen molar-refractivity contribution in [2.24, 2.45) is 5.92 Å². The zero-order chi connectivity index (χ0) is 14.7. The standard InChI is InChI=1S/C17H29N3/c1-12(2)18-10-16-13(3)9-14(4)19-17(16)20(5)11-15-7-6-8-15/h9,12,15,18H,6-8,10-11H2,1-5H3. The predicted octanol–water partition coefficient (Wildman–Crippen LogP) is 3.43. The van der Waals surface area contributed by atoms with E-state index in [0.29, 0.717) is 6.04 Å². The van der Waals surface area contributed by atoms with Gasteiger partial charge in [-0.25, -0.2) is 4.98 Å². The van der Waals surface area contributed by atoms with E-state index in [1.54, 1.807) is 0 Å². The molecule has 1 fully saturated rings. The highest BCUT2D eigenvalue weighted by molar-refractivity contribution is 5.51. The lowest BCUT2D eigenvalue weighted by molar-refractivity contribution is 0.320. The van der Waals surface area contributed by atoms with Gasteiger partial charge in [-0.3, -0.25) is 0 Å². The van der Waals surface area contributed by atoms with Crippen LogP contribution in [0.5, 0.6) is 0 Å². The summed E-state index contributed by atoms with van der Waals surface area (Å²) in [7, 11) is 2.19. The number of hydrogen-bond acceptors (Lipinski definition) is 3. The van der Waals surface area contributed by atoms with Crippen molar-refractivity contribution in [2.75, 3.05) is 18.5 Å². The molecule has 0 atom stereocenters. The number of anilines is 1. The number of aromatic nitrogens is 1. The molecule has 2 rings (SSSR count). The van der Waals surface area contributed by atoms with Crippen molar-refractivity contribution in [1.82, 2.24) is 10.3 Å². The third-order valence-electron chi connectivity index (χ3n) is 4.26. The second-order valence-electron chi connectivity index (χ2n) is 6.60. The number of aryl methyl sites for hydroxylation is 2.